The van der Waals surface area contributed by atoms with E-state index in [4.69, 9.17) is 4.98 Å². The second-order valence-corrected chi connectivity index (χ2v) is 5.93. The molecule has 4 rings (SSSR count). The van der Waals surface area contributed by atoms with E-state index in [1.54, 1.807) is 0 Å². The molecule has 0 spiro atoms. The van der Waals surface area contributed by atoms with Crippen LogP contribution in [0.3, 0.4) is 0 Å². The lowest BCUT2D eigenvalue weighted by molar-refractivity contribution is 1.14. The van der Waals surface area contributed by atoms with E-state index in [-0.39, 0.29) is 0 Å². The van der Waals surface area contributed by atoms with Crippen molar-refractivity contribution in [2.75, 3.05) is 0 Å². The summed E-state index contributed by atoms with van der Waals surface area (Å²) in [5, 5.41) is 14.0. The predicted molar refractivity (Wildman–Crippen MR) is 93.5 cm³/mol. The minimum Gasteiger partial charge on any atom is -0.248 e. The van der Waals surface area contributed by atoms with Crippen LogP contribution in [-0.4, -0.2) is 9.97 Å². The maximum absolute atomic E-state index is 9.27. The zero-order chi connectivity index (χ0) is 16.1. The number of hydrogen-bond acceptors (Lipinski definition) is 3. The number of aryl methyl sites for hydroxylation is 3. The molecule has 0 saturated heterocycles. The van der Waals surface area contributed by atoms with Gasteiger partial charge in [-0.05, 0) is 48.1 Å². The van der Waals surface area contributed by atoms with Crippen LogP contribution < -0.4 is 0 Å². The average Bonchev–Trinajstić information content (AvgIpc) is 2.58. The summed E-state index contributed by atoms with van der Waals surface area (Å²) in [6.07, 6.45) is 0. The van der Waals surface area contributed by atoms with Crippen molar-refractivity contribution < 1.29 is 0 Å². The van der Waals surface area contributed by atoms with Crippen molar-refractivity contribution in [3.8, 4) is 6.07 Å². The molecule has 3 aromatic carbocycles. The maximum atomic E-state index is 9.27. The van der Waals surface area contributed by atoms with Crippen LogP contribution in [0.15, 0.2) is 36.4 Å². The van der Waals surface area contributed by atoms with Crippen molar-refractivity contribution >= 4 is 32.6 Å². The van der Waals surface area contributed by atoms with Gasteiger partial charge in [0.25, 0.3) is 0 Å². The van der Waals surface area contributed by atoms with Gasteiger partial charge < -0.3 is 0 Å². The molecule has 1 heterocycles. The fraction of sp³-hybridized carbons (Fsp3) is 0.150. The standard InChI is InChI=1S/C20H15N3/c1-11-12(2)19-20(22-13(3)17(10-21)23-19)18-15(11)9-8-14-6-4-5-7-16(14)18/h4-9H,1-3H3. The van der Waals surface area contributed by atoms with Crippen LogP contribution >= 0.6 is 0 Å². The molecule has 0 aliphatic rings. The Morgan fingerprint density at radius 2 is 1.61 bits per heavy atom. The molecule has 0 saturated carbocycles. The van der Waals surface area contributed by atoms with Gasteiger partial charge in [-0.1, -0.05) is 36.4 Å². The van der Waals surface area contributed by atoms with Crippen molar-refractivity contribution in [3.63, 3.8) is 0 Å². The third kappa shape index (κ3) is 1.82. The quantitative estimate of drug-likeness (QED) is 0.441. The lowest BCUT2D eigenvalue weighted by Crippen LogP contribution is -1.99. The molecule has 0 atom stereocenters. The van der Waals surface area contributed by atoms with E-state index in [0.717, 1.165) is 22.0 Å². The highest BCUT2D eigenvalue weighted by Gasteiger charge is 2.15. The second-order valence-electron chi connectivity index (χ2n) is 5.93. The molecule has 0 aliphatic heterocycles. The van der Waals surface area contributed by atoms with Crippen LogP contribution in [0, 0.1) is 32.1 Å². The minimum absolute atomic E-state index is 0.402. The first-order valence-electron chi connectivity index (χ1n) is 7.61. The normalized spacial score (nSPS) is 11.2. The SMILES string of the molecule is Cc1nc2c(nc1C#N)c(C)c(C)c1ccc3ccccc3c12. The highest BCUT2D eigenvalue weighted by atomic mass is 14.8. The molecule has 110 valence electrons. The third-order valence-electron chi connectivity index (χ3n) is 4.66. The number of rotatable bonds is 0. The summed E-state index contributed by atoms with van der Waals surface area (Å²) >= 11 is 0. The molecule has 3 nitrogen and oxygen atoms in total. The van der Waals surface area contributed by atoms with Crippen LogP contribution in [0.5, 0.6) is 0 Å². The van der Waals surface area contributed by atoms with Crippen LogP contribution in [-0.2, 0) is 0 Å². The van der Waals surface area contributed by atoms with E-state index in [0.29, 0.717) is 11.4 Å². The summed E-state index contributed by atoms with van der Waals surface area (Å²) in [6, 6.07) is 14.8. The van der Waals surface area contributed by atoms with Gasteiger partial charge in [0.2, 0.25) is 0 Å². The fourth-order valence-electron chi connectivity index (χ4n) is 3.28. The number of aromatic nitrogens is 2. The van der Waals surface area contributed by atoms with Gasteiger partial charge in [0.05, 0.1) is 16.7 Å². The molecule has 3 heteroatoms. The number of benzene rings is 3. The van der Waals surface area contributed by atoms with Crippen LogP contribution in [0.1, 0.15) is 22.5 Å². The Morgan fingerprint density at radius 3 is 2.39 bits per heavy atom. The van der Waals surface area contributed by atoms with Crippen molar-refractivity contribution in [2.45, 2.75) is 20.8 Å². The van der Waals surface area contributed by atoms with Gasteiger partial charge >= 0.3 is 0 Å². The monoisotopic (exact) mass is 297 g/mol. The molecule has 0 aliphatic carbocycles. The summed E-state index contributed by atoms with van der Waals surface area (Å²) < 4.78 is 0. The first-order valence-corrected chi connectivity index (χ1v) is 7.61. The van der Waals surface area contributed by atoms with Gasteiger partial charge in [0.1, 0.15) is 6.07 Å². The Kier molecular flexibility index (Phi) is 2.82. The van der Waals surface area contributed by atoms with Crippen LogP contribution in [0.2, 0.25) is 0 Å². The van der Waals surface area contributed by atoms with Crippen molar-refractivity contribution in [2.24, 2.45) is 0 Å². The van der Waals surface area contributed by atoms with Gasteiger partial charge in [-0.2, -0.15) is 5.26 Å². The molecule has 0 N–H and O–H groups in total. The summed E-state index contributed by atoms with van der Waals surface area (Å²) in [5.41, 5.74) is 5.08. The van der Waals surface area contributed by atoms with Crippen LogP contribution in [0.25, 0.3) is 32.6 Å². The van der Waals surface area contributed by atoms with Gasteiger partial charge in [-0.15, -0.1) is 0 Å². The largest absolute Gasteiger partial charge is 0.248 e. The zero-order valence-corrected chi connectivity index (χ0v) is 13.3. The molecule has 0 fully saturated rings. The van der Waals surface area contributed by atoms with Crippen molar-refractivity contribution in [1.29, 1.82) is 5.26 Å². The van der Waals surface area contributed by atoms with E-state index in [1.165, 1.54) is 21.7 Å². The molecular weight excluding hydrogens is 282 g/mol. The van der Waals surface area contributed by atoms with Crippen molar-refractivity contribution in [3.05, 3.63) is 58.9 Å². The first-order chi connectivity index (χ1) is 11.1. The Bertz CT molecular complexity index is 1150. The highest BCUT2D eigenvalue weighted by molar-refractivity contribution is 6.20. The summed E-state index contributed by atoms with van der Waals surface area (Å²) in [4.78, 5) is 9.33. The van der Waals surface area contributed by atoms with Gasteiger partial charge in [0, 0.05) is 5.39 Å². The summed E-state index contributed by atoms with van der Waals surface area (Å²) in [6.45, 7) is 6.01. The molecule has 0 amide bonds. The Hall–Kier alpha value is -2.99. The molecule has 4 aromatic rings. The molecule has 0 radical (unpaired) electrons. The molecular formula is C20H15N3. The number of hydrogen-bond donors (Lipinski definition) is 0. The Balaban J connectivity index is 2.38. The Morgan fingerprint density at radius 1 is 0.826 bits per heavy atom. The Labute approximate surface area is 134 Å². The maximum Gasteiger partial charge on any atom is 0.162 e. The lowest BCUT2D eigenvalue weighted by atomic mass is 9.94. The van der Waals surface area contributed by atoms with E-state index >= 15 is 0 Å². The van der Waals surface area contributed by atoms with E-state index in [2.05, 4.69) is 49.2 Å². The third-order valence-corrected chi connectivity index (χ3v) is 4.66. The van der Waals surface area contributed by atoms with Gasteiger partial charge in [-0.25, -0.2) is 9.97 Å². The summed E-state index contributed by atoms with van der Waals surface area (Å²) in [5.74, 6) is 0. The summed E-state index contributed by atoms with van der Waals surface area (Å²) in [7, 11) is 0. The van der Waals surface area contributed by atoms with E-state index < -0.39 is 0 Å². The highest BCUT2D eigenvalue weighted by Crippen LogP contribution is 2.35. The topological polar surface area (TPSA) is 49.6 Å². The smallest absolute Gasteiger partial charge is 0.162 e. The fourth-order valence-corrected chi connectivity index (χ4v) is 3.28. The number of nitriles is 1. The molecule has 23 heavy (non-hydrogen) atoms. The lowest BCUT2D eigenvalue weighted by Gasteiger charge is -2.13. The van der Waals surface area contributed by atoms with E-state index in [1.807, 2.05) is 19.1 Å². The molecule has 0 bridgehead atoms. The predicted octanol–water partition coefficient (Wildman–Crippen LogP) is 4.73. The zero-order valence-electron chi connectivity index (χ0n) is 13.3. The molecule has 1 aromatic heterocycles. The average molecular weight is 297 g/mol. The van der Waals surface area contributed by atoms with Gasteiger partial charge in [-0.3, -0.25) is 0 Å². The van der Waals surface area contributed by atoms with Gasteiger partial charge in [0.15, 0.2) is 5.69 Å². The number of fused-ring (bicyclic) bond motifs is 5. The minimum atomic E-state index is 0.402. The first kappa shape index (κ1) is 13.7. The van der Waals surface area contributed by atoms with Crippen molar-refractivity contribution in [1.82, 2.24) is 9.97 Å². The second kappa shape index (κ2) is 4.76. The number of nitrogens with zero attached hydrogens (tertiary/aromatic N) is 3. The molecule has 0 unspecified atom stereocenters. The van der Waals surface area contributed by atoms with Crippen LogP contribution in [0.4, 0.5) is 0 Å². The van der Waals surface area contributed by atoms with E-state index in [9.17, 15) is 5.26 Å².